The monoisotopic (exact) mass is 183 g/mol. The highest BCUT2D eigenvalue weighted by Gasteiger charge is 2.13. The van der Waals surface area contributed by atoms with E-state index in [2.05, 4.69) is 12.7 Å². The minimum Gasteiger partial charge on any atom is -0.394 e. The van der Waals surface area contributed by atoms with Crippen molar-refractivity contribution in [2.75, 3.05) is 20.7 Å². The van der Waals surface area contributed by atoms with Crippen molar-refractivity contribution in [3.05, 3.63) is 24.3 Å². The van der Waals surface area contributed by atoms with Crippen molar-refractivity contribution in [2.24, 2.45) is 0 Å². The van der Waals surface area contributed by atoms with Gasteiger partial charge >= 0.3 is 0 Å². The van der Waals surface area contributed by atoms with Gasteiger partial charge in [0.25, 0.3) is 0 Å². The summed E-state index contributed by atoms with van der Waals surface area (Å²) in [5, 5.41) is 9.19. The quantitative estimate of drug-likeness (QED) is 0.635. The third-order valence-electron chi connectivity index (χ3n) is 2.23. The molecule has 76 valence electrons. The van der Waals surface area contributed by atoms with Gasteiger partial charge in [0.15, 0.2) is 0 Å². The molecule has 0 aromatic rings. The van der Waals surface area contributed by atoms with Crippen LogP contribution in [0, 0.1) is 0 Å². The lowest BCUT2D eigenvalue weighted by Crippen LogP contribution is -2.33. The van der Waals surface area contributed by atoms with Gasteiger partial charge in [-0.3, -0.25) is 0 Å². The van der Waals surface area contributed by atoms with Crippen molar-refractivity contribution >= 4 is 0 Å². The first-order valence-electron chi connectivity index (χ1n) is 4.70. The first-order chi connectivity index (χ1) is 6.17. The third-order valence-corrected chi connectivity index (χ3v) is 2.23. The normalized spacial score (nSPS) is 14.7. The summed E-state index contributed by atoms with van der Waals surface area (Å²) in [7, 11) is 3.97. The SMILES string of the molecule is C=CCC/C(=C\C)C(CO)N(C)C. The molecule has 13 heavy (non-hydrogen) atoms. The smallest absolute Gasteiger partial charge is 0.0625 e. The second-order valence-electron chi connectivity index (χ2n) is 3.35. The Morgan fingerprint density at radius 3 is 2.46 bits per heavy atom. The van der Waals surface area contributed by atoms with E-state index in [4.69, 9.17) is 0 Å². The maximum absolute atomic E-state index is 9.19. The fourth-order valence-electron chi connectivity index (χ4n) is 1.38. The number of likely N-dealkylation sites (N-methyl/N-ethyl adjacent to an activating group) is 1. The van der Waals surface area contributed by atoms with E-state index in [1.165, 1.54) is 5.57 Å². The number of hydrogen-bond acceptors (Lipinski definition) is 2. The number of hydrogen-bond donors (Lipinski definition) is 1. The van der Waals surface area contributed by atoms with Crippen LogP contribution in [0.4, 0.5) is 0 Å². The third kappa shape index (κ3) is 4.25. The fraction of sp³-hybridized carbons (Fsp3) is 0.636. The molecular weight excluding hydrogens is 162 g/mol. The molecule has 1 N–H and O–H groups in total. The van der Waals surface area contributed by atoms with Crippen molar-refractivity contribution in [3.8, 4) is 0 Å². The largest absolute Gasteiger partial charge is 0.394 e. The van der Waals surface area contributed by atoms with Crippen LogP contribution in [0.5, 0.6) is 0 Å². The first-order valence-corrected chi connectivity index (χ1v) is 4.70. The van der Waals surface area contributed by atoms with Crippen LogP contribution in [0.15, 0.2) is 24.3 Å². The van der Waals surface area contributed by atoms with E-state index in [0.717, 1.165) is 12.8 Å². The summed E-state index contributed by atoms with van der Waals surface area (Å²) in [6.07, 6.45) is 5.96. The topological polar surface area (TPSA) is 23.5 Å². The Balaban J connectivity index is 4.27. The average molecular weight is 183 g/mol. The Hall–Kier alpha value is -0.600. The van der Waals surface area contributed by atoms with Gasteiger partial charge in [0.2, 0.25) is 0 Å². The van der Waals surface area contributed by atoms with Crippen molar-refractivity contribution < 1.29 is 5.11 Å². The molecule has 2 heteroatoms. The lowest BCUT2D eigenvalue weighted by Gasteiger charge is -2.24. The van der Waals surface area contributed by atoms with Gasteiger partial charge in [-0.15, -0.1) is 6.58 Å². The van der Waals surface area contributed by atoms with Crippen LogP contribution in [-0.2, 0) is 0 Å². The molecule has 0 saturated heterocycles. The molecule has 0 aliphatic heterocycles. The predicted octanol–water partition coefficient (Wildman–Crippen LogP) is 1.82. The Morgan fingerprint density at radius 1 is 1.54 bits per heavy atom. The van der Waals surface area contributed by atoms with Gasteiger partial charge in [-0.1, -0.05) is 17.7 Å². The van der Waals surface area contributed by atoms with Crippen LogP contribution in [0.2, 0.25) is 0 Å². The molecule has 0 rings (SSSR count). The second-order valence-corrected chi connectivity index (χ2v) is 3.35. The van der Waals surface area contributed by atoms with Gasteiger partial charge in [0.1, 0.15) is 0 Å². The molecular formula is C11H21NO. The molecule has 0 aliphatic carbocycles. The molecule has 0 fully saturated rings. The highest BCUT2D eigenvalue weighted by Crippen LogP contribution is 2.13. The Morgan fingerprint density at radius 2 is 2.15 bits per heavy atom. The minimum absolute atomic E-state index is 0.157. The molecule has 0 bridgehead atoms. The molecule has 0 radical (unpaired) electrons. The zero-order valence-electron chi connectivity index (χ0n) is 8.95. The van der Waals surface area contributed by atoms with Crippen molar-refractivity contribution in [3.63, 3.8) is 0 Å². The minimum atomic E-state index is 0.157. The number of nitrogens with zero attached hydrogens (tertiary/aromatic N) is 1. The molecule has 0 heterocycles. The van der Waals surface area contributed by atoms with Crippen LogP contribution >= 0.6 is 0 Å². The molecule has 0 aromatic carbocycles. The molecule has 1 atom stereocenters. The predicted molar refractivity (Wildman–Crippen MR) is 57.7 cm³/mol. The van der Waals surface area contributed by atoms with Crippen LogP contribution in [0.25, 0.3) is 0 Å². The van der Waals surface area contributed by atoms with E-state index >= 15 is 0 Å². The van der Waals surface area contributed by atoms with E-state index in [0.29, 0.717) is 0 Å². The number of aliphatic hydroxyl groups excluding tert-OH is 1. The molecule has 0 saturated carbocycles. The first kappa shape index (κ1) is 12.4. The van der Waals surface area contributed by atoms with E-state index in [-0.39, 0.29) is 12.6 Å². The number of rotatable bonds is 6. The Bertz CT molecular complexity index is 173. The zero-order valence-corrected chi connectivity index (χ0v) is 8.95. The van der Waals surface area contributed by atoms with Gasteiger partial charge in [-0.25, -0.2) is 0 Å². The van der Waals surface area contributed by atoms with E-state index in [1.807, 2.05) is 32.0 Å². The average Bonchev–Trinajstić information content (AvgIpc) is 2.11. The number of aliphatic hydroxyl groups is 1. The molecule has 2 nitrogen and oxygen atoms in total. The van der Waals surface area contributed by atoms with Crippen molar-refractivity contribution in [2.45, 2.75) is 25.8 Å². The van der Waals surface area contributed by atoms with Gasteiger partial charge < -0.3 is 10.0 Å². The Labute approximate surface area is 81.6 Å². The van der Waals surface area contributed by atoms with Crippen molar-refractivity contribution in [1.82, 2.24) is 4.90 Å². The highest BCUT2D eigenvalue weighted by molar-refractivity contribution is 5.10. The number of allylic oxidation sites excluding steroid dienone is 2. The molecule has 1 unspecified atom stereocenters. The van der Waals surface area contributed by atoms with E-state index in [1.54, 1.807) is 0 Å². The summed E-state index contributed by atoms with van der Waals surface area (Å²) in [4.78, 5) is 2.04. The van der Waals surface area contributed by atoms with Crippen LogP contribution < -0.4 is 0 Å². The van der Waals surface area contributed by atoms with Gasteiger partial charge in [0, 0.05) is 0 Å². The van der Waals surface area contributed by atoms with E-state index < -0.39 is 0 Å². The molecule has 0 amide bonds. The van der Waals surface area contributed by atoms with E-state index in [9.17, 15) is 5.11 Å². The van der Waals surface area contributed by atoms with Crippen LogP contribution in [0.1, 0.15) is 19.8 Å². The fourth-order valence-corrected chi connectivity index (χ4v) is 1.38. The highest BCUT2D eigenvalue weighted by atomic mass is 16.3. The summed E-state index contributed by atoms with van der Waals surface area (Å²) in [6, 6.07) is 0.157. The lowest BCUT2D eigenvalue weighted by molar-refractivity contribution is 0.189. The second kappa shape index (κ2) is 6.87. The summed E-state index contributed by atoms with van der Waals surface area (Å²) in [5.74, 6) is 0. The van der Waals surface area contributed by atoms with Crippen molar-refractivity contribution in [1.29, 1.82) is 0 Å². The summed E-state index contributed by atoms with van der Waals surface area (Å²) < 4.78 is 0. The van der Waals surface area contributed by atoms with Gasteiger partial charge in [-0.2, -0.15) is 0 Å². The summed E-state index contributed by atoms with van der Waals surface area (Å²) in [5.41, 5.74) is 1.28. The van der Waals surface area contributed by atoms with Gasteiger partial charge in [0.05, 0.1) is 12.6 Å². The molecule has 0 spiro atoms. The standard InChI is InChI=1S/C11H21NO/c1-5-7-8-10(6-2)11(9-13)12(3)4/h5-6,11,13H,1,7-9H2,2-4H3/b10-6+. The van der Waals surface area contributed by atoms with Crippen LogP contribution in [-0.4, -0.2) is 36.8 Å². The van der Waals surface area contributed by atoms with Gasteiger partial charge in [-0.05, 0) is 33.9 Å². The summed E-state index contributed by atoms with van der Waals surface area (Å²) >= 11 is 0. The lowest BCUT2D eigenvalue weighted by atomic mass is 10.0. The maximum Gasteiger partial charge on any atom is 0.0625 e. The molecule has 0 aromatic heterocycles. The maximum atomic E-state index is 9.19. The summed E-state index contributed by atoms with van der Waals surface area (Å²) in [6.45, 7) is 5.90. The van der Waals surface area contributed by atoms with Crippen LogP contribution in [0.3, 0.4) is 0 Å². The zero-order chi connectivity index (χ0) is 10.3. The Kier molecular flexibility index (Phi) is 6.55. The molecule has 0 aliphatic rings.